The van der Waals surface area contributed by atoms with Gasteiger partial charge in [0.05, 0.1) is 5.52 Å². The number of hydrogen-bond acceptors (Lipinski definition) is 6. The Bertz CT molecular complexity index is 1100. The lowest BCUT2D eigenvalue weighted by Crippen LogP contribution is -2.49. The number of pyridine rings is 2. The predicted molar refractivity (Wildman–Crippen MR) is 126 cm³/mol. The fourth-order valence-electron chi connectivity index (χ4n) is 4.80. The van der Waals surface area contributed by atoms with E-state index in [1.54, 1.807) is 29.6 Å². The number of carbonyl (C=O) groups excluding carboxylic acids is 2. The van der Waals surface area contributed by atoms with Crippen molar-refractivity contribution in [2.24, 2.45) is 18.9 Å². The van der Waals surface area contributed by atoms with E-state index in [1.807, 2.05) is 19.1 Å². The second-order valence-corrected chi connectivity index (χ2v) is 10.7. The molecule has 8 nitrogen and oxygen atoms in total. The summed E-state index contributed by atoms with van der Waals surface area (Å²) in [5.74, 6) is -0.344. The molecule has 2 aromatic rings. The lowest BCUT2D eigenvalue weighted by Gasteiger charge is -2.33. The monoisotopic (exact) mass is 457 g/mol. The Balaban J connectivity index is 1.49. The van der Waals surface area contributed by atoms with Crippen molar-refractivity contribution < 1.29 is 9.59 Å². The molecule has 2 aliphatic rings. The third kappa shape index (κ3) is 4.68. The molecular formula is C23H31N5O3S. The number of nitrogens with one attached hydrogen (secondary N) is 3. The lowest BCUT2D eigenvalue weighted by molar-refractivity contribution is -0.125. The molecule has 1 aliphatic heterocycles. The van der Waals surface area contributed by atoms with Gasteiger partial charge in [-0.15, -0.1) is 11.8 Å². The van der Waals surface area contributed by atoms with Crippen molar-refractivity contribution in [1.82, 2.24) is 25.5 Å². The molecule has 172 valence electrons. The maximum atomic E-state index is 13.2. The SMILES string of the molecule is Cc1cc2c(cn1)cc(C1CC(C(=O)NC(=O)NC3NCC(C)S3)CCC1C)c(=O)n2C. The first kappa shape index (κ1) is 22.8. The van der Waals surface area contributed by atoms with Crippen LogP contribution in [0.1, 0.15) is 50.3 Å². The number of amides is 3. The third-order valence-electron chi connectivity index (χ3n) is 6.70. The van der Waals surface area contributed by atoms with Crippen molar-refractivity contribution in [3.8, 4) is 0 Å². The summed E-state index contributed by atoms with van der Waals surface area (Å²) in [6.45, 7) is 6.94. The summed E-state index contributed by atoms with van der Waals surface area (Å²) in [5, 5.41) is 9.82. The van der Waals surface area contributed by atoms with Crippen LogP contribution in [-0.2, 0) is 11.8 Å². The molecule has 0 spiro atoms. The zero-order valence-electron chi connectivity index (χ0n) is 19.0. The van der Waals surface area contributed by atoms with E-state index in [1.165, 1.54) is 0 Å². The van der Waals surface area contributed by atoms with Crippen LogP contribution in [0.2, 0.25) is 0 Å². The Labute approximate surface area is 191 Å². The van der Waals surface area contributed by atoms with Gasteiger partial charge in [0.25, 0.3) is 5.56 Å². The normalized spacial score (nSPS) is 27.9. The molecule has 9 heteroatoms. The van der Waals surface area contributed by atoms with Crippen LogP contribution in [-0.4, -0.2) is 38.8 Å². The van der Waals surface area contributed by atoms with Gasteiger partial charge >= 0.3 is 6.03 Å². The highest BCUT2D eigenvalue weighted by Gasteiger charge is 2.35. The first-order valence-corrected chi connectivity index (χ1v) is 12.1. The molecule has 5 atom stereocenters. The minimum atomic E-state index is -0.479. The molecule has 5 unspecified atom stereocenters. The predicted octanol–water partition coefficient (Wildman–Crippen LogP) is 2.60. The van der Waals surface area contributed by atoms with Gasteiger partial charge in [-0.1, -0.05) is 13.8 Å². The largest absolute Gasteiger partial charge is 0.323 e. The number of urea groups is 1. The molecule has 0 radical (unpaired) electrons. The molecule has 2 fully saturated rings. The molecule has 1 aliphatic carbocycles. The van der Waals surface area contributed by atoms with Gasteiger partial charge in [-0.05, 0) is 50.2 Å². The quantitative estimate of drug-likeness (QED) is 0.654. The van der Waals surface area contributed by atoms with E-state index in [9.17, 15) is 14.4 Å². The first-order chi connectivity index (χ1) is 15.2. The first-order valence-electron chi connectivity index (χ1n) is 11.2. The maximum Gasteiger partial charge on any atom is 0.323 e. The van der Waals surface area contributed by atoms with Crippen LogP contribution in [0.15, 0.2) is 23.1 Å². The van der Waals surface area contributed by atoms with Crippen LogP contribution in [0.4, 0.5) is 4.79 Å². The van der Waals surface area contributed by atoms with Gasteiger partial charge in [0.1, 0.15) is 5.50 Å². The topological polar surface area (TPSA) is 105 Å². The van der Waals surface area contributed by atoms with Gasteiger partial charge in [0.2, 0.25) is 5.91 Å². The van der Waals surface area contributed by atoms with Gasteiger partial charge in [-0.25, -0.2) is 4.79 Å². The number of aryl methyl sites for hydroxylation is 2. The molecule has 1 saturated heterocycles. The molecule has 0 aromatic carbocycles. The van der Waals surface area contributed by atoms with E-state index in [0.29, 0.717) is 18.1 Å². The summed E-state index contributed by atoms with van der Waals surface area (Å²) in [7, 11) is 1.78. The summed E-state index contributed by atoms with van der Waals surface area (Å²) >= 11 is 1.62. The number of carbonyl (C=O) groups is 2. The Morgan fingerprint density at radius 3 is 2.75 bits per heavy atom. The highest BCUT2D eigenvalue weighted by Crippen LogP contribution is 2.40. The molecular weight excluding hydrogens is 426 g/mol. The summed E-state index contributed by atoms with van der Waals surface area (Å²) in [6.07, 6.45) is 3.88. The zero-order chi connectivity index (χ0) is 23.0. The average Bonchev–Trinajstić information content (AvgIpc) is 3.15. The number of aromatic nitrogens is 2. The number of imide groups is 1. The highest BCUT2D eigenvalue weighted by atomic mass is 32.2. The average molecular weight is 458 g/mol. The molecule has 2 aromatic heterocycles. The molecule has 1 saturated carbocycles. The van der Waals surface area contributed by atoms with Crippen molar-refractivity contribution in [3.63, 3.8) is 0 Å². The minimum absolute atomic E-state index is 0.0304. The van der Waals surface area contributed by atoms with Crippen LogP contribution in [0.3, 0.4) is 0 Å². The van der Waals surface area contributed by atoms with Crippen molar-refractivity contribution >= 4 is 34.6 Å². The molecule has 32 heavy (non-hydrogen) atoms. The Morgan fingerprint density at radius 2 is 2.03 bits per heavy atom. The maximum absolute atomic E-state index is 13.2. The smallest absolute Gasteiger partial charge is 0.313 e. The second kappa shape index (κ2) is 9.23. The fourth-order valence-corrected chi connectivity index (χ4v) is 5.83. The van der Waals surface area contributed by atoms with E-state index < -0.39 is 6.03 Å². The summed E-state index contributed by atoms with van der Waals surface area (Å²) < 4.78 is 1.68. The molecule has 4 rings (SSSR count). The van der Waals surface area contributed by atoms with Crippen LogP contribution < -0.4 is 21.5 Å². The van der Waals surface area contributed by atoms with Crippen molar-refractivity contribution in [2.45, 2.75) is 56.7 Å². The zero-order valence-corrected chi connectivity index (χ0v) is 19.8. The van der Waals surface area contributed by atoms with Crippen molar-refractivity contribution in [1.29, 1.82) is 0 Å². The number of fused-ring (bicyclic) bond motifs is 1. The Hall–Kier alpha value is -2.39. The number of rotatable bonds is 3. The Kier molecular flexibility index (Phi) is 6.57. The molecule has 3 amide bonds. The van der Waals surface area contributed by atoms with Crippen LogP contribution in [0, 0.1) is 18.8 Å². The summed E-state index contributed by atoms with van der Waals surface area (Å²) in [5.41, 5.74) is 2.22. The van der Waals surface area contributed by atoms with Crippen molar-refractivity contribution in [2.75, 3.05) is 6.54 Å². The van der Waals surface area contributed by atoms with Gasteiger partial charge in [0.15, 0.2) is 0 Å². The van der Waals surface area contributed by atoms with E-state index in [-0.39, 0.29) is 34.7 Å². The van der Waals surface area contributed by atoms with E-state index in [4.69, 9.17) is 0 Å². The highest BCUT2D eigenvalue weighted by molar-refractivity contribution is 8.00. The van der Waals surface area contributed by atoms with Gasteiger partial charge in [-0.2, -0.15) is 0 Å². The summed E-state index contributed by atoms with van der Waals surface area (Å²) in [4.78, 5) is 42.7. The van der Waals surface area contributed by atoms with Crippen LogP contribution in [0.5, 0.6) is 0 Å². The van der Waals surface area contributed by atoms with E-state index >= 15 is 0 Å². The molecule has 3 N–H and O–H groups in total. The van der Waals surface area contributed by atoms with Gasteiger partial charge < -0.3 is 9.88 Å². The molecule has 3 heterocycles. The fraction of sp³-hybridized carbons (Fsp3) is 0.565. The van der Waals surface area contributed by atoms with Gasteiger partial charge in [-0.3, -0.25) is 25.2 Å². The standard InChI is InChI=1S/C23H31N5O3S/c1-12-5-6-15(20(29)26-22(31)27-23-25-10-14(3)32-23)8-17(12)18-9-16-11-24-13(2)7-19(16)28(4)21(18)30/h7,9,11-12,14-15,17,23,25H,5-6,8,10H2,1-4H3,(H2,26,27,29,31). The van der Waals surface area contributed by atoms with Crippen molar-refractivity contribution in [3.05, 3.63) is 39.9 Å². The molecule has 0 bridgehead atoms. The third-order valence-corrected chi connectivity index (χ3v) is 7.88. The lowest BCUT2D eigenvalue weighted by atomic mass is 9.71. The van der Waals surface area contributed by atoms with Gasteiger partial charge in [0, 0.05) is 47.6 Å². The number of nitrogens with zero attached hydrogens (tertiary/aromatic N) is 2. The van der Waals surface area contributed by atoms with E-state index in [2.05, 4.69) is 34.8 Å². The number of thioether (sulfide) groups is 1. The summed E-state index contributed by atoms with van der Waals surface area (Å²) in [6, 6.07) is 3.37. The Morgan fingerprint density at radius 1 is 1.25 bits per heavy atom. The van der Waals surface area contributed by atoms with Crippen LogP contribution in [0.25, 0.3) is 10.9 Å². The van der Waals surface area contributed by atoms with E-state index in [0.717, 1.165) is 35.1 Å². The number of hydrogen-bond donors (Lipinski definition) is 3. The second-order valence-electron chi connectivity index (χ2n) is 9.14. The van der Waals surface area contributed by atoms with Crippen LogP contribution >= 0.6 is 11.8 Å². The minimum Gasteiger partial charge on any atom is -0.313 e.